The van der Waals surface area contributed by atoms with Crippen molar-refractivity contribution in [1.82, 2.24) is 4.57 Å². The van der Waals surface area contributed by atoms with Crippen LogP contribution in [-0.4, -0.2) is 4.57 Å². The molecule has 0 atom stereocenters. The summed E-state index contributed by atoms with van der Waals surface area (Å²) in [5.74, 6) is 0. The zero-order valence-corrected chi connectivity index (χ0v) is 27.3. The lowest BCUT2D eigenvalue weighted by Gasteiger charge is -2.12. The van der Waals surface area contributed by atoms with E-state index in [1.807, 2.05) is 13.0 Å². The van der Waals surface area contributed by atoms with E-state index >= 15 is 0 Å². The van der Waals surface area contributed by atoms with Crippen LogP contribution in [0.3, 0.4) is 0 Å². The summed E-state index contributed by atoms with van der Waals surface area (Å²) < 4.78 is 2.45. The molecule has 2 nitrogen and oxygen atoms in total. The third-order valence-corrected chi connectivity index (χ3v) is 9.93. The van der Waals surface area contributed by atoms with Gasteiger partial charge in [-0.25, -0.2) is 0 Å². The number of rotatable bonds is 5. The molecule has 0 aliphatic carbocycles. The van der Waals surface area contributed by atoms with Crippen molar-refractivity contribution in [3.05, 3.63) is 182 Å². The number of para-hydroxylation sites is 1. The molecule has 0 spiro atoms. The second-order valence-electron chi connectivity index (χ2n) is 12.7. The van der Waals surface area contributed by atoms with Crippen LogP contribution in [0, 0.1) is 0 Å². The van der Waals surface area contributed by atoms with E-state index in [1.165, 1.54) is 76.4 Å². The molecule has 0 aliphatic heterocycles. The van der Waals surface area contributed by atoms with Crippen LogP contribution in [0.25, 0.3) is 87.6 Å². The van der Waals surface area contributed by atoms with Gasteiger partial charge in [-0.05, 0) is 122 Å². The van der Waals surface area contributed by atoms with Gasteiger partial charge in [0.15, 0.2) is 0 Å². The normalized spacial score (nSPS) is 12.3. The minimum atomic E-state index is 1.11. The van der Waals surface area contributed by atoms with Gasteiger partial charge in [0.25, 0.3) is 0 Å². The number of benzene rings is 8. The summed E-state index contributed by atoms with van der Waals surface area (Å²) in [5.41, 5.74) is 16.4. The Bertz CT molecular complexity index is 2780. The highest BCUT2D eigenvalue weighted by Gasteiger charge is 2.17. The highest BCUT2D eigenvalue weighted by atomic mass is 15.0. The number of allylic oxidation sites excluding steroid dienone is 3. The summed E-state index contributed by atoms with van der Waals surface area (Å²) in [5, 5.41) is 9.91. The Morgan fingerprint density at radius 2 is 1.06 bits per heavy atom. The van der Waals surface area contributed by atoms with Crippen molar-refractivity contribution in [2.75, 3.05) is 0 Å². The molecule has 0 amide bonds. The average Bonchev–Trinajstić information content (AvgIpc) is 3.50. The minimum Gasteiger partial charge on any atom is -0.405 e. The van der Waals surface area contributed by atoms with Crippen molar-refractivity contribution in [2.45, 2.75) is 6.92 Å². The largest absolute Gasteiger partial charge is 0.405 e. The molecule has 0 radical (unpaired) electrons. The van der Waals surface area contributed by atoms with Gasteiger partial charge in [0.05, 0.1) is 11.0 Å². The topological polar surface area (TPSA) is 30.9 Å². The summed E-state index contributed by atoms with van der Waals surface area (Å²) in [7, 11) is 0. The van der Waals surface area contributed by atoms with Crippen LogP contribution in [0.4, 0.5) is 0 Å². The van der Waals surface area contributed by atoms with Gasteiger partial charge >= 0.3 is 0 Å². The number of nitrogens with zero attached hydrogens (tertiary/aromatic N) is 1. The van der Waals surface area contributed by atoms with E-state index in [0.717, 1.165) is 16.8 Å². The molecule has 2 N–H and O–H groups in total. The fourth-order valence-corrected chi connectivity index (χ4v) is 7.48. The standard InChI is InChI=1S/C47H34N2/c1-2-31(24-25-48)35-15-13-33-14-17-37(29-41(33)28-35)38-18-21-43-40(27-38)20-23-45-44-22-19-39(36-16-12-32-8-6-7-9-34(32)26-36)30-46(44)49(47(43)45)42-10-4-3-5-11-42/h2-30H,48H2,1H3/b25-24-,31-2+. The van der Waals surface area contributed by atoms with Crippen molar-refractivity contribution >= 4 is 59.7 Å². The Balaban J connectivity index is 1.22. The zero-order chi connectivity index (χ0) is 32.9. The monoisotopic (exact) mass is 626 g/mol. The highest BCUT2D eigenvalue weighted by Crippen LogP contribution is 2.40. The van der Waals surface area contributed by atoms with E-state index in [2.05, 4.69) is 168 Å². The number of hydrogen-bond acceptors (Lipinski definition) is 1. The van der Waals surface area contributed by atoms with Crippen molar-refractivity contribution in [2.24, 2.45) is 5.73 Å². The van der Waals surface area contributed by atoms with Crippen molar-refractivity contribution in [3.8, 4) is 27.9 Å². The van der Waals surface area contributed by atoms with Gasteiger partial charge in [-0.2, -0.15) is 0 Å². The molecule has 0 bridgehead atoms. The molecule has 0 fully saturated rings. The van der Waals surface area contributed by atoms with Crippen LogP contribution in [0.15, 0.2) is 176 Å². The molecule has 232 valence electrons. The molecular formula is C47H34N2. The second kappa shape index (κ2) is 11.7. The van der Waals surface area contributed by atoms with Crippen LogP contribution in [0.5, 0.6) is 0 Å². The Morgan fingerprint density at radius 1 is 0.490 bits per heavy atom. The number of nitrogens with two attached hydrogens (primary N) is 1. The fraction of sp³-hybridized carbons (Fsp3) is 0.0213. The Morgan fingerprint density at radius 3 is 1.82 bits per heavy atom. The first kappa shape index (κ1) is 28.8. The average molecular weight is 627 g/mol. The lowest BCUT2D eigenvalue weighted by atomic mass is 9.95. The van der Waals surface area contributed by atoms with Crippen LogP contribution >= 0.6 is 0 Å². The zero-order valence-electron chi connectivity index (χ0n) is 27.3. The van der Waals surface area contributed by atoms with E-state index in [9.17, 15) is 0 Å². The van der Waals surface area contributed by atoms with E-state index in [0.29, 0.717) is 0 Å². The molecule has 0 unspecified atom stereocenters. The van der Waals surface area contributed by atoms with Gasteiger partial charge in [0.1, 0.15) is 0 Å². The van der Waals surface area contributed by atoms with Gasteiger partial charge < -0.3 is 10.3 Å². The van der Waals surface area contributed by atoms with E-state index in [1.54, 1.807) is 6.20 Å². The smallest absolute Gasteiger partial charge is 0.0619 e. The molecule has 0 aliphatic rings. The van der Waals surface area contributed by atoms with Gasteiger partial charge in [0, 0.05) is 21.8 Å². The van der Waals surface area contributed by atoms with Gasteiger partial charge in [-0.1, -0.05) is 121 Å². The number of fused-ring (bicyclic) bond motifs is 7. The molecule has 9 aromatic rings. The lowest BCUT2D eigenvalue weighted by molar-refractivity contribution is 1.19. The predicted molar refractivity (Wildman–Crippen MR) is 211 cm³/mol. The first-order valence-corrected chi connectivity index (χ1v) is 16.8. The predicted octanol–water partition coefficient (Wildman–Crippen LogP) is 12.5. The first-order chi connectivity index (χ1) is 24.2. The maximum Gasteiger partial charge on any atom is 0.0619 e. The molecule has 49 heavy (non-hydrogen) atoms. The van der Waals surface area contributed by atoms with Crippen LogP contribution in [0.1, 0.15) is 12.5 Å². The maximum atomic E-state index is 5.72. The maximum absolute atomic E-state index is 5.72. The van der Waals surface area contributed by atoms with Gasteiger partial charge in [0.2, 0.25) is 0 Å². The van der Waals surface area contributed by atoms with Crippen LogP contribution < -0.4 is 5.73 Å². The molecule has 1 aromatic heterocycles. The SMILES string of the molecule is C/C=C(\C=C/N)c1ccc2ccc(-c3ccc4c(ccc5c6ccc(-c7ccc8ccccc8c7)cc6n(-c6ccccc6)c45)c3)cc2c1. The Kier molecular flexibility index (Phi) is 6.88. The first-order valence-electron chi connectivity index (χ1n) is 16.8. The van der Waals surface area contributed by atoms with E-state index in [-0.39, 0.29) is 0 Å². The number of hydrogen-bond donors (Lipinski definition) is 1. The summed E-state index contributed by atoms with van der Waals surface area (Å²) in [6, 6.07) is 57.8. The molecule has 2 heteroatoms. The van der Waals surface area contributed by atoms with Crippen LogP contribution in [0.2, 0.25) is 0 Å². The molecule has 9 rings (SSSR count). The molecule has 1 heterocycles. The summed E-state index contributed by atoms with van der Waals surface area (Å²) in [4.78, 5) is 0. The van der Waals surface area contributed by atoms with Gasteiger partial charge in [-0.15, -0.1) is 0 Å². The Labute approximate surface area is 285 Å². The Hall–Kier alpha value is -6.38. The molecule has 8 aromatic carbocycles. The molecule has 0 saturated heterocycles. The van der Waals surface area contributed by atoms with E-state index < -0.39 is 0 Å². The third kappa shape index (κ3) is 4.89. The summed E-state index contributed by atoms with van der Waals surface area (Å²) in [6.45, 7) is 2.04. The van der Waals surface area contributed by atoms with Crippen molar-refractivity contribution in [3.63, 3.8) is 0 Å². The molecular weight excluding hydrogens is 593 g/mol. The molecule has 0 saturated carbocycles. The lowest BCUT2D eigenvalue weighted by Crippen LogP contribution is -1.94. The number of aromatic nitrogens is 1. The minimum absolute atomic E-state index is 1.11. The van der Waals surface area contributed by atoms with Crippen LogP contribution in [-0.2, 0) is 0 Å². The fourth-order valence-electron chi connectivity index (χ4n) is 7.48. The van der Waals surface area contributed by atoms with Crippen molar-refractivity contribution < 1.29 is 0 Å². The highest BCUT2D eigenvalue weighted by molar-refractivity contribution is 6.19. The van der Waals surface area contributed by atoms with Crippen molar-refractivity contribution in [1.29, 1.82) is 0 Å². The quantitative estimate of drug-likeness (QED) is 0.189. The van der Waals surface area contributed by atoms with Gasteiger partial charge in [-0.3, -0.25) is 0 Å². The summed E-state index contributed by atoms with van der Waals surface area (Å²) >= 11 is 0. The second-order valence-corrected chi connectivity index (χ2v) is 12.7. The van der Waals surface area contributed by atoms with E-state index in [4.69, 9.17) is 5.73 Å². The third-order valence-electron chi connectivity index (χ3n) is 9.93. The summed E-state index contributed by atoms with van der Waals surface area (Å²) in [6.07, 6.45) is 5.65.